The molecule has 0 saturated carbocycles. The molecule has 1 aliphatic heterocycles. The van der Waals surface area contributed by atoms with Crippen molar-refractivity contribution in [3.8, 4) is 0 Å². The van der Waals surface area contributed by atoms with Crippen LogP contribution in [-0.4, -0.2) is 55.5 Å². The van der Waals surface area contributed by atoms with E-state index in [1.807, 2.05) is 0 Å². The van der Waals surface area contributed by atoms with Gasteiger partial charge in [0.05, 0.1) is 12.2 Å². The topological polar surface area (TPSA) is 61.6 Å². The van der Waals surface area contributed by atoms with Crippen LogP contribution < -0.4 is 11.1 Å². The number of nitrogens with one attached hydrogen (secondary N) is 1. The van der Waals surface area contributed by atoms with Crippen LogP contribution in [0, 0.1) is 5.82 Å². The monoisotopic (exact) mass is 294 g/mol. The number of amides is 1. The first-order chi connectivity index (χ1) is 9.95. The van der Waals surface area contributed by atoms with E-state index in [-0.39, 0.29) is 18.1 Å². The fourth-order valence-corrected chi connectivity index (χ4v) is 2.63. The summed E-state index contributed by atoms with van der Waals surface area (Å²) in [6.45, 7) is 2.06. The summed E-state index contributed by atoms with van der Waals surface area (Å²) >= 11 is 0. The van der Waals surface area contributed by atoms with Crippen LogP contribution >= 0.6 is 0 Å². The van der Waals surface area contributed by atoms with Crippen molar-refractivity contribution in [2.45, 2.75) is 18.9 Å². The summed E-state index contributed by atoms with van der Waals surface area (Å²) in [5.41, 5.74) is 6.17. The number of nitrogen functional groups attached to an aromatic ring is 1. The quantitative estimate of drug-likeness (QED) is 0.824. The Balaban J connectivity index is 1.84. The number of piperidine rings is 1. The number of hydrogen-bond acceptors (Lipinski definition) is 4. The molecule has 0 aliphatic carbocycles. The molecule has 0 aromatic heterocycles. The van der Waals surface area contributed by atoms with E-state index in [4.69, 9.17) is 5.73 Å². The van der Waals surface area contributed by atoms with E-state index >= 15 is 0 Å². The fraction of sp³-hybridized carbons (Fsp3) is 0.533. The number of carbonyl (C=O) groups is 1. The van der Waals surface area contributed by atoms with Crippen LogP contribution in [0.2, 0.25) is 0 Å². The molecular weight excluding hydrogens is 271 g/mol. The number of likely N-dealkylation sites (tertiary alicyclic amines) is 1. The average Bonchev–Trinajstić information content (AvgIpc) is 2.43. The highest BCUT2D eigenvalue weighted by Crippen LogP contribution is 2.18. The molecule has 1 amide bonds. The lowest BCUT2D eigenvalue weighted by Gasteiger charge is -2.34. The second-order valence-electron chi connectivity index (χ2n) is 5.76. The minimum Gasteiger partial charge on any atom is -0.399 e. The smallest absolute Gasteiger partial charge is 0.238 e. The molecular formula is C15H23FN4O. The van der Waals surface area contributed by atoms with Crippen molar-refractivity contribution in [3.05, 3.63) is 24.0 Å². The summed E-state index contributed by atoms with van der Waals surface area (Å²) in [4.78, 5) is 16.3. The van der Waals surface area contributed by atoms with E-state index in [1.54, 1.807) is 0 Å². The molecule has 116 valence electrons. The molecule has 3 N–H and O–H groups in total. The number of anilines is 2. The lowest BCUT2D eigenvalue weighted by molar-refractivity contribution is -0.117. The molecule has 0 spiro atoms. The third-order valence-corrected chi connectivity index (χ3v) is 3.92. The molecule has 5 nitrogen and oxygen atoms in total. The van der Waals surface area contributed by atoms with Gasteiger partial charge in [0, 0.05) is 24.8 Å². The van der Waals surface area contributed by atoms with Crippen LogP contribution in [0.1, 0.15) is 12.8 Å². The molecule has 1 heterocycles. The highest BCUT2D eigenvalue weighted by molar-refractivity contribution is 5.92. The summed E-state index contributed by atoms with van der Waals surface area (Å²) in [6, 6.07) is 4.74. The Morgan fingerprint density at radius 1 is 1.43 bits per heavy atom. The predicted molar refractivity (Wildman–Crippen MR) is 82.6 cm³/mol. The van der Waals surface area contributed by atoms with Crippen molar-refractivity contribution in [2.75, 3.05) is 44.8 Å². The maximum atomic E-state index is 13.6. The molecule has 1 fully saturated rings. The van der Waals surface area contributed by atoms with Crippen molar-refractivity contribution in [3.63, 3.8) is 0 Å². The maximum Gasteiger partial charge on any atom is 0.238 e. The minimum absolute atomic E-state index is 0.142. The van der Waals surface area contributed by atoms with E-state index in [0.29, 0.717) is 11.7 Å². The van der Waals surface area contributed by atoms with E-state index in [1.165, 1.54) is 18.2 Å². The van der Waals surface area contributed by atoms with Gasteiger partial charge in [0.1, 0.15) is 5.82 Å². The van der Waals surface area contributed by atoms with E-state index in [9.17, 15) is 9.18 Å². The summed E-state index contributed by atoms with van der Waals surface area (Å²) in [5.74, 6) is -0.674. The zero-order valence-corrected chi connectivity index (χ0v) is 12.6. The molecule has 1 aliphatic rings. The first kappa shape index (κ1) is 15.7. The zero-order chi connectivity index (χ0) is 15.4. The molecule has 2 rings (SSSR count). The molecule has 1 aromatic rings. The van der Waals surface area contributed by atoms with Gasteiger partial charge in [-0.05, 0) is 45.1 Å². The van der Waals surface area contributed by atoms with Gasteiger partial charge < -0.3 is 16.0 Å². The largest absolute Gasteiger partial charge is 0.399 e. The SMILES string of the molecule is CN(C)C1CCN(CC(=O)Nc2cc(N)ccc2F)CC1. The number of halogens is 1. The number of rotatable bonds is 4. The van der Waals surface area contributed by atoms with Crippen molar-refractivity contribution < 1.29 is 9.18 Å². The number of hydrogen-bond donors (Lipinski definition) is 2. The zero-order valence-electron chi connectivity index (χ0n) is 12.6. The van der Waals surface area contributed by atoms with Crippen LogP contribution in [0.3, 0.4) is 0 Å². The van der Waals surface area contributed by atoms with E-state index in [0.717, 1.165) is 25.9 Å². The van der Waals surface area contributed by atoms with Gasteiger partial charge in [-0.1, -0.05) is 0 Å². The number of carbonyl (C=O) groups excluding carboxylic acids is 1. The first-order valence-corrected chi connectivity index (χ1v) is 7.19. The Kier molecular flexibility index (Phi) is 5.14. The highest BCUT2D eigenvalue weighted by Gasteiger charge is 2.22. The molecule has 6 heteroatoms. The number of nitrogens with two attached hydrogens (primary N) is 1. The lowest BCUT2D eigenvalue weighted by atomic mass is 10.0. The van der Waals surface area contributed by atoms with Crippen LogP contribution in [0.5, 0.6) is 0 Å². The Morgan fingerprint density at radius 3 is 2.71 bits per heavy atom. The second kappa shape index (κ2) is 6.87. The normalized spacial score (nSPS) is 17.1. The van der Waals surface area contributed by atoms with Crippen molar-refractivity contribution >= 4 is 17.3 Å². The fourth-order valence-electron chi connectivity index (χ4n) is 2.63. The van der Waals surface area contributed by atoms with Crippen molar-refractivity contribution in [1.29, 1.82) is 0 Å². The Hall–Kier alpha value is -1.66. The van der Waals surface area contributed by atoms with Crippen LogP contribution in [0.25, 0.3) is 0 Å². The van der Waals surface area contributed by atoms with Crippen molar-refractivity contribution in [1.82, 2.24) is 9.80 Å². The average molecular weight is 294 g/mol. The van der Waals surface area contributed by atoms with Gasteiger partial charge in [-0.15, -0.1) is 0 Å². The molecule has 0 unspecified atom stereocenters. The Bertz CT molecular complexity index is 498. The van der Waals surface area contributed by atoms with Crippen molar-refractivity contribution in [2.24, 2.45) is 0 Å². The summed E-state index contributed by atoms with van der Waals surface area (Å²) in [7, 11) is 4.16. The van der Waals surface area contributed by atoms with Gasteiger partial charge in [-0.25, -0.2) is 4.39 Å². The molecule has 0 atom stereocenters. The first-order valence-electron chi connectivity index (χ1n) is 7.19. The van der Waals surface area contributed by atoms with E-state index in [2.05, 4.69) is 29.2 Å². The molecule has 0 bridgehead atoms. The van der Waals surface area contributed by atoms with Gasteiger partial charge in [0.25, 0.3) is 0 Å². The van der Waals surface area contributed by atoms with Gasteiger partial charge in [0.15, 0.2) is 0 Å². The summed E-state index contributed by atoms with van der Waals surface area (Å²) in [5, 5.41) is 2.59. The van der Waals surface area contributed by atoms with Gasteiger partial charge in [0.2, 0.25) is 5.91 Å². The van der Waals surface area contributed by atoms with Gasteiger partial charge in [-0.2, -0.15) is 0 Å². The third-order valence-electron chi connectivity index (χ3n) is 3.92. The number of nitrogens with zero attached hydrogens (tertiary/aromatic N) is 2. The minimum atomic E-state index is -0.469. The second-order valence-corrected chi connectivity index (χ2v) is 5.76. The van der Waals surface area contributed by atoms with Crippen LogP contribution in [0.15, 0.2) is 18.2 Å². The molecule has 1 saturated heterocycles. The predicted octanol–water partition coefficient (Wildman–Crippen LogP) is 1.37. The third kappa shape index (κ3) is 4.41. The maximum absolute atomic E-state index is 13.6. The molecule has 1 aromatic carbocycles. The highest BCUT2D eigenvalue weighted by atomic mass is 19.1. The van der Waals surface area contributed by atoms with E-state index < -0.39 is 5.82 Å². The van der Waals surface area contributed by atoms with Gasteiger partial charge >= 0.3 is 0 Å². The van der Waals surface area contributed by atoms with Gasteiger partial charge in [-0.3, -0.25) is 9.69 Å². The Morgan fingerprint density at radius 2 is 2.10 bits per heavy atom. The molecule has 21 heavy (non-hydrogen) atoms. The summed E-state index contributed by atoms with van der Waals surface area (Å²) < 4.78 is 13.6. The lowest BCUT2D eigenvalue weighted by Crippen LogP contribution is -2.44. The standard InChI is InChI=1S/C15H23FN4O/c1-19(2)12-5-7-20(8-6-12)10-15(21)18-14-9-11(17)3-4-13(14)16/h3-4,9,12H,5-8,10,17H2,1-2H3,(H,18,21). The van der Waals surface area contributed by atoms with Crippen LogP contribution in [-0.2, 0) is 4.79 Å². The summed E-state index contributed by atoms with van der Waals surface area (Å²) in [6.07, 6.45) is 2.10. The number of benzene rings is 1. The Labute approximate surface area is 124 Å². The van der Waals surface area contributed by atoms with Crippen LogP contribution in [0.4, 0.5) is 15.8 Å². The molecule has 0 radical (unpaired) electrons.